The number of rotatable bonds is 1. The molecule has 2 nitrogen and oxygen atoms in total. The Morgan fingerprint density at radius 2 is 2.00 bits per heavy atom. The van der Waals surface area contributed by atoms with Gasteiger partial charge < -0.3 is 5.98 Å². The molecule has 0 bridgehead atoms. The van der Waals surface area contributed by atoms with Crippen LogP contribution in [0.25, 0.3) is 0 Å². The van der Waals surface area contributed by atoms with Crippen molar-refractivity contribution in [3.05, 3.63) is 29.3 Å². The SMILES string of the molecule is Cc1ccc(S(=O)(O)=S)c(C)c1.[H-].[K+]. The molecule has 0 aromatic heterocycles. The molecule has 5 heteroatoms. The average Bonchev–Trinajstić information content (AvgIpc) is 1.83. The first-order chi connectivity index (χ1) is 5.41. The molecule has 1 atom stereocenters. The third kappa shape index (κ3) is 4.05. The van der Waals surface area contributed by atoms with Crippen molar-refractivity contribution in [3.63, 3.8) is 0 Å². The van der Waals surface area contributed by atoms with Gasteiger partial charge in [-0.3, -0.25) is 0 Å². The molecule has 0 aliphatic heterocycles. The van der Waals surface area contributed by atoms with Crippen molar-refractivity contribution >= 4 is 20.0 Å². The molecule has 0 spiro atoms. The molecule has 0 aliphatic rings. The third-order valence-corrected chi connectivity index (χ3v) is 3.16. The topological polar surface area (TPSA) is 37.3 Å². The Balaban J connectivity index is 0. The van der Waals surface area contributed by atoms with Gasteiger partial charge in [-0.1, -0.05) is 17.7 Å². The summed E-state index contributed by atoms with van der Waals surface area (Å²) < 4.78 is 20.2. The zero-order chi connectivity index (χ0) is 9.35. The third-order valence-electron chi connectivity index (χ3n) is 1.61. The van der Waals surface area contributed by atoms with Gasteiger partial charge >= 0.3 is 51.4 Å². The number of aryl methyl sites for hydroxylation is 2. The maximum atomic E-state index is 11.1. The summed E-state index contributed by atoms with van der Waals surface area (Å²) in [5.41, 5.74) is 1.84. The first-order valence-electron chi connectivity index (χ1n) is 3.46. The number of hydrogen-bond acceptors (Lipinski definition) is 2. The second-order valence-electron chi connectivity index (χ2n) is 2.74. The van der Waals surface area contributed by atoms with Crippen LogP contribution in [0.3, 0.4) is 0 Å². The van der Waals surface area contributed by atoms with E-state index in [1.54, 1.807) is 19.1 Å². The minimum atomic E-state index is -3.22. The zero-order valence-corrected chi connectivity index (χ0v) is 12.7. The smallest absolute Gasteiger partial charge is 1.00 e. The Hall–Kier alpha value is 1.19. The van der Waals surface area contributed by atoms with E-state index < -0.39 is 8.77 Å². The molecule has 0 fully saturated rings. The van der Waals surface area contributed by atoms with Crippen molar-refractivity contribution in [3.8, 4) is 0 Å². The standard InChI is InChI=1S/C8H10O2S2.K.H/c1-6-3-4-8(7(2)5-6)12(9,10)11;;/h3-5H,1-2H3,(H,9,10,11);;/q;+1;-1. The van der Waals surface area contributed by atoms with Gasteiger partial charge in [-0.25, -0.2) is 4.21 Å². The molecule has 1 N–H and O–H groups in total. The molecule has 1 aromatic carbocycles. The summed E-state index contributed by atoms with van der Waals surface area (Å²) in [7, 11) is -3.22. The Morgan fingerprint density at radius 1 is 1.46 bits per heavy atom. The van der Waals surface area contributed by atoms with E-state index in [1.165, 1.54) is 0 Å². The fourth-order valence-corrected chi connectivity index (χ4v) is 2.36. The van der Waals surface area contributed by atoms with E-state index in [4.69, 9.17) is 4.55 Å². The molecule has 1 unspecified atom stereocenters. The summed E-state index contributed by atoms with van der Waals surface area (Å²) in [4.78, 5) is 0.350. The van der Waals surface area contributed by atoms with Gasteiger partial charge in [0.15, 0.2) is 8.77 Å². The Labute approximate surface area is 128 Å². The molecule has 0 radical (unpaired) electrons. The van der Waals surface area contributed by atoms with Crippen LogP contribution in [0.5, 0.6) is 0 Å². The maximum Gasteiger partial charge on any atom is 1.00 e. The molecule has 0 saturated carbocycles. The van der Waals surface area contributed by atoms with Gasteiger partial charge in [-0.15, -0.1) is 0 Å². The Kier molecular flexibility index (Phi) is 5.81. The van der Waals surface area contributed by atoms with Crippen molar-refractivity contribution in [1.29, 1.82) is 0 Å². The Morgan fingerprint density at radius 3 is 2.38 bits per heavy atom. The summed E-state index contributed by atoms with van der Waals surface area (Å²) in [5.74, 6) is 0. The fourth-order valence-electron chi connectivity index (χ4n) is 1.09. The molecule has 0 aliphatic carbocycles. The molecule has 0 amide bonds. The number of hydrogen-bond donors (Lipinski definition) is 1. The molecular weight excluding hydrogens is 231 g/mol. The van der Waals surface area contributed by atoms with Crippen molar-refractivity contribution in [1.82, 2.24) is 0 Å². The first kappa shape index (κ1) is 14.2. The fraction of sp³-hybridized carbons (Fsp3) is 0.250. The predicted octanol–water partition coefficient (Wildman–Crippen LogP) is -1.00. The summed E-state index contributed by atoms with van der Waals surface area (Å²) in [6.45, 7) is 3.71. The molecule has 13 heavy (non-hydrogen) atoms. The van der Waals surface area contributed by atoms with E-state index >= 15 is 0 Å². The van der Waals surface area contributed by atoms with Gasteiger partial charge in [0.1, 0.15) is 0 Å². The normalized spacial score (nSPS) is 14.4. The summed E-state index contributed by atoms with van der Waals surface area (Å²) in [6.07, 6.45) is 0. The van der Waals surface area contributed by atoms with Crippen LogP contribution in [0.2, 0.25) is 0 Å². The van der Waals surface area contributed by atoms with Gasteiger partial charge in [0.2, 0.25) is 0 Å². The van der Waals surface area contributed by atoms with E-state index in [2.05, 4.69) is 11.2 Å². The molecular formula is C8H11KO2S2. The van der Waals surface area contributed by atoms with Crippen LogP contribution < -0.4 is 51.4 Å². The van der Waals surface area contributed by atoms with E-state index in [0.717, 1.165) is 11.1 Å². The van der Waals surface area contributed by atoms with Gasteiger partial charge in [0.05, 0.1) is 4.90 Å². The average molecular weight is 242 g/mol. The van der Waals surface area contributed by atoms with Gasteiger partial charge in [-0.2, -0.15) is 0 Å². The van der Waals surface area contributed by atoms with Crippen LogP contribution in [0.4, 0.5) is 0 Å². The monoisotopic (exact) mass is 242 g/mol. The molecule has 0 heterocycles. The largest absolute Gasteiger partial charge is 1.00 e. The van der Waals surface area contributed by atoms with Crippen molar-refractivity contribution in [2.24, 2.45) is 0 Å². The van der Waals surface area contributed by atoms with E-state index in [0.29, 0.717) is 4.90 Å². The molecule has 1 aromatic rings. The van der Waals surface area contributed by atoms with Crippen molar-refractivity contribution < 1.29 is 61.6 Å². The van der Waals surface area contributed by atoms with Gasteiger partial charge in [0.25, 0.3) is 0 Å². The van der Waals surface area contributed by atoms with Crippen LogP contribution in [0.15, 0.2) is 23.1 Å². The van der Waals surface area contributed by atoms with Crippen LogP contribution in [-0.2, 0) is 20.0 Å². The minimum Gasteiger partial charge on any atom is -1.00 e. The molecule has 0 saturated heterocycles. The van der Waals surface area contributed by atoms with Crippen LogP contribution in [0, 0.1) is 13.8 Å². The first-order valence-corrected chi connectivity index (χ1v) is 5.90. The molecule has 68 valence electrons. The second-order valence-corrected chi connectivity index (χ2v) is 5.49. The second kappa shape index (κ2) is 5.32. The maximum absolute atomic E-state index is 11.1. The summed E-state index contributed by atoms with van der Waals surface area (Å²) >= 11 is 4.47. The number of benzene rings is 1. The quantitative estimate of drug-likeness (QED) is 0.642. The Bertz CT molecular complexity index is 404. The molecule has 1 rings (SSSR count). The minimum absolute atomic E-state index is 0. The van der Waals surface area contributed by atoms with Crippen LogP contribution in [-0.4, -0.2) is 8.76 Å². The zero-order valence-electron chi connectivity index (χ0n) is 8.90. The van der Waals surface area contributed by atoms with E-state index in [1.807, 2.05) is 13.0 Å². The van der Waals surface area contributed by atoms with E-state index in [9.17, 15) is 4.21 Å². The van der Waals surface area contributed by atoms with E-state index in [-0.39, 0.29) is 52.8 Å². The van der Waals surface area contributed by atoms with Gasteiger partial charge in [0, 0.05) is 11.2 Å². The summed E-state index contributed by atoms with van der Waals surface area (Å²) in [5, 5.41) is 0. The predicted molar refractivity (Wildman–Crippen MR) is 53.4 cm³/mol. The van der Waals surface area contributed by atoms with Crippen LogP contribution in [0.1, 0.15) is 12.6 Å². The summed E-state index contributed by atoms with van der Waals surface area (Å²) in [6, 6.07) is 5.24. The van der Waals surface area contributed by atoms with Crippen molar-refractivity contribution in [2.45, 2.75) is 18.7 Å². The van der Waals surface area contributed by atoms with Crippen LogP contribution >= 0.6 is 0 Å². The van der Waals surface area contributed by atoms with Crippen molar-refractivity contribution in [2.75, 3.05) is 0 Å². The van der Waals surface area contributed by atoms with Gasteiger partial charge in [-0.05, 0) is 25.5 Å².